The molecule has 0 bridgehead atoms. The van der Waals surface area contributed by atoms with Gasteiger partial charge in [0.05, 0.1) is 22.2 Å². The van der Waals surface area contributed by atoms with Crippen molar-refractivity contribution in [3.63, 3.8) is 0 Å². The van der Waals surface area contributed by atoms with Crippen LogP contribution in [0.2, 0.25) is 10.0 Å². The average molecular weight is 826 g/mol. The fourth-order valence-electron chi connectivity index (χ4n) is 9.44. The number of hydrogen-bond acceptors (Lipinski definition) is 9. The summed E-state index contributed by atoms with van der Waals surface area (Å²) in [5.41, 5.74) is 5.36. The van der Waals surface area contributed by atoms with Crippen molar-refractivity contribution in [3.05, 3.63) is 105 Å². The molecule has 3 aliphatic heterocycles. The molecule has 1 aromatic heterocycles. The number of aromatic nitrogens is 1. The maximum Gasteiger partial charge on any atom is 0.322 e. The molecular formula is C44H43Cl2FN6O5. The van der Waals surface area contributed by atoms with E-state index in [1.807, 2.05) is 30.3 Å². The van der Waals surface area contributed by atoms with Gasteiger partial charge in [0.2, 0.25) is 0 Å². The van der Waals surface area contributed by atoms with Crippen LogP contribution in [0.15, 0.2) is 67.0 Å². The molecule has 1 unspecified atom stereocenters. The molecule has 5 aliphatic rings. The third kappa shape index (κ3) is 7.57. The standard InChI is InChI=1S/C44H43Cl2FN6O5/c45-35-15-29(22-52-12-10-44(26-52)41(54)50-42(55)51-44)38(57-23-28-14-27(19-48)20-49-21-28)16-39(35)58-36-9-8-32-31(4-1-5-33(32)36)34-6-2-7-37(40(34)46)56-13-3-11-53-24-43(25-53)17-30(47)18-43/h1-2,4-7,14-16,20-21,30,36H,3,8-13,17-18,22-26H2,(H2,50,51,54,55)/t36-,44?/m0/s1. The van der Waals surface area contributed by atoms with Gasteiger partial charge in [-0.3, -0.25) is 20.0 Å². The van der Waals surface area contributed by atoms with Crippen molar-refractivity contribution >= 4 is 35.1 Å². The van der Waals surface area contributed by atoms with Crippen LogP contribution in [-0.2, 0) is 24.4 Å². The monoisotopic (exact) mass is 824 g/mol. The molecule has 2 spiro atoms. The quantitative estimate of drug-likeness (QED) is 0.104. The van der Waals surface area contributed by atoms with Crippen molar-refractivity contribution in [1.82, 2.24) is 25.4 Å². The lowest BCUT2D eigenvalue weighted by Crippen LogP contribution is -2.62. The Morgan fingerprint density at radius 3 is 2.59 bits per heavy atom. The van der Waals surface area contributed by atoms with Crippen molar-refractivity contribution in [2.45, 2.75) is 69.5 Å². The maximum absolute atomic E-state index is 13.4. The molecule has 0 radical (unpaired) electrons. The van der Waals surface area contributed by atoms with E-state index in [1.165, 1.54) is 6.20 Å². The highest BCUT2D eigenvalue weighted by Crippen LogP contribution is 2.50. The number of imide groups is 1. The first-order valence-corrected chi connectivity index (χ1v) is 20.6. The van der Waals surface area contributed by atoms with Crippen molar-refractivity contribution < 1.29 is 28.2 Å². The number of rotatable bonds is 13. The van der Waals surface area contributed by atoms with E-state index in [-0.39, 0.29) is 24.0 Å². The third-order valence-corrected chi connectivity index (χ3v) is 12.9. The van der Waals surface area contributed by atoms with Gasteiger partial charge in [-0.15, -0.1) is 0 Å². The van der Waals surface area contributed by atoms with Crippen molar-refractivity contribution in [2.24, 2.45) is 5.41 Å². The van der Waals surface area contributed by atoms with E-state index in [4.69, 9.17) is 37.4 Å². The van der Waals surface area contributed by atoms with E-state index in [9.17, 15) is 19.2 Å². The number of benzene rings is 3. The summed E-state index contributed by atoms with van der Waals surface area (Å²) in [5.74, 6) is 1.34. The number of nitrogens with one attached hydrogen (secondary N) is 2. The van der Waals surface area contributed by atoms with Gasteiger partial charge in [-0.25, -0.2) is 9.18 Å². The number of carbonyl (C=O) groups excluding carboxylic acids is 2. The van der Waals surface area contributed by atoms with E-state index < -0.39 is 17.7 Å². The third-order valence-electron chi connectivity index (χ3n) is 12.2. The largest absolute Gasteiger partial charge is 0.492 e. The Morgan fingerprint density at radius 1 is 0.966 bits per heavy atom. The zero-order chi connectivity index (χ0) is 40.0. The predicted molar refractivity (Wildman–Crippen MR) is 216 cm³/mol. The first-order chi connectivity index (χ1) is 28.1. The number of nitriles is 1. The van der Waals surface area contributed by atoms with Gasteiger partial charge in [0.1, 0.15) is 47.7 Å². The van der Waals surface area contributed by atoms with Crippen LogP contribution in [0.3, 0.4) is 0 Å². The second-order valence-corrected chi connectivity index (χ2v) is 17.2. The molecule has 9 rings (SSSR count). The number of ether oxygens (including phenoxy) is 3. The SMILES string of the molecule is N#Cc1cncc(COc2cc(O[C@H]3CCc4c(-c5cccc(OCCCN6CC7(CC(F)C7)C6)c5Cl)cccc43)c(Cl)cc2CN2CCC3(C2)NC(=O)NC3=O)c1. The van der Waals surface area contributed by atoms with E-state index >= 15 is 0 Å². The highest BCUT2D eigenvalue weighted by Gasteiger charge is 2.52. The second-order valence-electron chi connectivity index (χ2n) is 16.4. The molecule has 14 heteroatoms. The minimum absolute atomic E-state index is 0.152. The Labute approximate surface area is 346 Å². The number of amides is 3. The number of fused-ring (bicyclic) bond motifs is 1. The summed E-state index contributed by atoms with van der Waals surface area (Å²) in [6.07, 6.45) is 6.55. The molecule has 2 aliphatic carbocycles. The number of urea groups is 1. The molecule has 4 heterocycles. The van der Waals surface area contributed by atoms with Gasteiger partial charge in [0, 0.05) is 79.8 Å². The molecule has 2 N–H and O–H groups in total. The normalized spacial score (nSPS) is 22.3. The number of alkyl halides is 1. The molecule has 300 valence electrons. The summed E-state index contributed by atoms with van der Waals surface area (Å²) < 4.78 is 32.6. The zero-order valence-electron chi connectivity index (χ0n) is 31.9. The fourth-order valence-corrected chi connectivity index (χ4v) is 9.95. The molecule has 3 aromatic carbocycles. The van der Waals surface area contributed by atoms with Gasteiger partial charge in [-0.1, -0.05) is 53.5 Å². The Hall–Kier alpha value is -4.93. The number of likely N-dealkylation sites (tertiary alicyclic amines) is 2. The first kappa shape index (κ1) is 38.6. The summed E-state index contributed by atoms with van der Waals surface area (Å²) in [7, 11) is 0. The number of hydrogen-bond donors (Lipinski definition) is 2. The van der Waals surface area contributed by atoms with Crippen LogP contribution >= 0.6 is 23.2 Å². The van der Waals surface area contributed by atoms with E-state index in [0.717, 1.165) is 72.3 Å². The molecule has 3 saturated heterocycles. The molecule has 11 nitrogen and oxygen atoms in total. The lowest BCUT2D eigenvalue weighted by atomic mass is 9.62. The summed E-state index contributed by atoms with van der Waals surface area (Å²) in [5, 5.41) is 15.6. The number of halogens is 3. The predicted octanol–water partition coefficient (Wildman–Crippen LogP) is 7.56. The van der Waals surface area contributed by atoms with Gasteiger partial charge in [-0.05, 0) is 73.4 Å². The highest BCUT2D eigenvalue weighted by atomic mass is 35.5. The summed E-state index contributed by atoms with van der Waals surface area (Å²) in [6, 6.07) is 19.1. The summed E-state index contributed by atoms with van der Waals surface area (Å²) in [4.78, 5) is 33.2. The van der Waals surface area contributed by atoms with E-state index in [1.54, 1.807) is 18.3 Å². The smallest absolute Gasteiger partial charge is 0.322 e. The molecule has 4 aromatic rings. The fraction of sp³-hybridized carbons (Fsp3) is 0.409. The number of nitrogens with zero attached hydrogens (tertiary/aromatic N) is 4. The minimum Gasteiger partial charge on any atom is -0.492 e. The molecule has 58 heavy (non-hydrogen) atoms. The van der Waals surface area contributed by atoms with E-state index in [2.05, 4.69) is 43.6 Å². The molecule has 3 amide bonds. The van der Waals surface area contributed by atoms with E-state index in [0.29, 0.717) is 78.4 Å². The molecular weight excluding hydrogens is 782 g/mol. The van der Waals surface area contributed by atoms with Crippen LogP contribution in [0, 0.1) is 16.7 Å². The summed E-state index contributed by atoms with van der Waals surface area (Å²) in [6.45, 7) is 4.94. The van der Waals surface area contributed by atoms with Crippen LogP contribution in [-0.4, -0.2) is 77.8 Å². The second kappa shape index (κ2) is 15.7. The lowest BCUT2D eigenvalue weighted by molar-refractivity contribution is -0.123. The Kier molecular flexibility index (Phi) is 10.4. The van der Waals surface area contributed by atoms with Crippen molar-refractivity contribution in [2.75, 3.05) is 39.3 Å². The van der Waals surface area contributed by atoms with Gasteiger partial charge in [-0.2, -0.15) is 5.26 Å². The topological polar surface area (TPSA) is 129 Å². The van der Waals surface area contributed by atoms with Crippen LogP contribution in [0.25, 0.3) is 11.1 Å². The number of carbonyl (C=O) groups is 2. The van der Waals surface area contributed by atoms with Gasteiger partial charge < -0.3 is 24.4 Å². The Bertz CT molecular complexity index is 2310. The average Bonchev–Trinajstić information content (AvgIpc) is 3.88. The van der Waals surface area contributed by atoms with Crippen LogP contribution < -0.4 is 24.8 Å². The Morgan fingerprint density at radius 2 is 1.79 bits per heavy atom. The molecule has 2 atom stereocenters. The maximum atomic E-state index is 13.4. The minimum atomic E-state index is -0.960. The van der Waals surface area contributed by atoms with Gasteiger partial charge >= 0.3 is 6.03 Å². The first-order valence-electron chi connectivity index (χ1n) is 19.8. The van der Waals surface area contributed by atoms with Gasteiger partial charge in [0.15, 0.2) is 0 Å². The number of pyridine rings is 1. The van der Waals surface area contributed by atoms with Crippen molar-refractivity contribution in [3.8, 4) is 34.4 Å². The van der Waals surface area contributed by atoms with Crippen LogP contribution in [0.1, 0.15) is 66.0 Å². The summed E-state index contributed by atoms with van der Waals surface area (Å²) >= 11 is 14.0. The van der Waals surface area contributed by atoms with Crippen LogP contribution in [0.5, 0.6) is 17.2 Å². The van der Waals surface area contributed by atoms with Crippen molar-refractivity contribution in [1.29, 1.82) is 5.26 Å². The molecule has 1 saturated carbocycles. The Balaban J connectivity index is 0.903. The van der Waals surface area contributed by atoms with Crippen LogP contribution in [0.4, 0.5) is 9.18 Å². The highest BCUT2D eigenvalue weighted by molar-refractivity contribution is 6.35. The van der Waals surface area contributed by atoms with Gasteiger partial charge in [0.25, 0.3) is 5.91 Å². The molecule has 4 fully saturated rings. The lowest BCUT2D eigenvalue weighted by Gasteiger charge is -2.57. The zero-order valence-corrected chi connectivity index (χ0v) is 33.4.